The summed E-state index contributed by atoms with van der Waals surface area (Å²) in [5.41, 5.74) is 1.58. The number of rotatable bonds is 5. The van der Waals surface area contributed by atoms with Crippen LogP contribution >= 0.6 is 0 Å². The number of nitrogens with zero attached hydrogens (tertiary/aromatic N) is 2. The van der Waals surface area contributed by atoms with Crippen LogP contribution in [-0.2, 0) is 21.4 Å². The minimum Gasteiger partial charge on any atom is -0.360 e. The molecule has 7 nitrogen and oxygen atoms in total. The minimum atomic E-state index is -3.69. The first-order chi connectivity index (χ1) is 13.2. The van der Waals surface area contributed by atoms with Gasteiger partial charge in [0.1, 0.15) is 16.4 Å². The first kappa shape index (κ1) is 20.5. The van der Waals surface area contributed by atoms with Gasteiger partial charge < -0.3 is 9.84 Å². The number of nitrogens with one attached hydrogen (secondary N) is 1. The van der Waals surface area contributed by atoms with Gasteiger partial charge in [-0.2, -0.15) is 4.31 Å². The maximum absolute atomic E-state index is 13.6. The lowest BCUT2D eigenvalue weighted by atomic mass is 9.97. The Kier molecular flexibility index (Phi) is 5.85. The highest BCUT2D eigenvalue weighted by Gasteiger charge is 2.35. The summed E-state index contributed by atoms with van der Waals surface area (Å²) in [6.07, 6.45) is 0.855. The zero-order chi connectivity index (χ0) is 20.5. The van der Waals surface area contributed by atoms with Gasteiger partial charge in [-0.25, -0.2) is 12.8 Å². The number of sulfonamides is 1. The number of hydrogen-bond acceptors (Lipinski definition) is 5. The number of amides is 1. The molecular weight excluding hydrogens is 385 g/mol. The van der Waals surface area contributed by atoms with E-state index in [2.05, 4.69) is 10.5 Å². The van der Waals surface area contributed by atoms with E-state index in [0.29, 0.717) is 29.7 Å². The molecule has 1 aromatic heterocycles. The second-order valence-corrected chi connectivity index (χ2v) is 9.01. The maximum Gasteiger partial charge on any atom is 0.248 e. The van der Waals surface area contributed by atoms with Crippen molar-refractivity contribution in [3.05, 3.63) is 46.6 Å². The Bertz CT molecular complexity index is 960. The van der Waals surface area contributed by atoms with Crippen LogP contribution in [0.4, 0.5) is 4.39 Å². The van der Waals surface area contributed by atoms with Crippen molar-refractivity contribution < 1.29 is 22.1 Å². The third-order valence-corrected chi connectivity index (χ3v) is 7.24. The second kappa shape index (κ2) is 8.00. The summed E-state index contributed by atoms with van der Waals surface area (Å²) in [6, 6.07) is 4.86. The van der Waals surface area contributed by atoms with Crippen molar-refractivity contribution in [3.63, 3.8) is 0 Å². The van der Waals surface area contributed by atoms with Crippen molar-refractivity contribution in [2.75, 3.05) is 13.1 Å². The number of carbonyl (C=O) groups is 1. The van der Waals surface area contributed by atoms with Crippen LogP contribution in [0.25, 0.3) is 0 Å². The molecule has 152 valence electrons. The van der Waals surface area contributed by atoms with Gasteiger partial charge in [-0.05, 0) is 50.8 Å². The second-order valence-electron chi connectivity index (χ2n) is 7.13. The highest BCUT2D eigenvalue weighted by Crippen LogP contribution is 2.27. The van der Waals surface area contributed by atoms with E-state index in [0.717, 1.165) is 0 Å². The van der Waals surface area contributed by atoms with Gasteiger partial charge in [0, 0.05) is 25.6 Å². The van der Waals surface area contributed by atoms with Gasteiger partial charge >= 0.3 is 0 Å². The van der Waals surface area contributed by atoms with Gasteiger partial charge in [0.15, 0.2) is 5.76 Å². The quantitative estimate of drug-likeness (QED) is 0.819. The number of benzene rings is 1. The molecule has 2 aromatic rings. The van der Waals surface area contributed by atoms with Crippen LogP contribution in [-0.4, -0.2) is 36.9 Å². The number of carbonyl (C=O) groups excluding carboxylic acids is 1. The van der Waals surface area contributed by atoms with Gasteiger partial charge in [-0.3, -0.25) is 4.79 Å². The van der Waals surface area contributed by atoms with Gasteiger partial charge in [0.25, 0.3) is 0 Å². The Balaban J connectivity index is 1.57. The van der Waals surface area contributed by atoms with E-state index in [9.17, 15) is 17.6 Å². The Morgan fingerprint density at radius 3 is 2.54 bits per heavy atom. The summed E-state index contributed by atoms with van der Waals surface area (Å²) >= 11 is 0. The average Bonchev–Trinajstić information content (AvgIpc) is 3.01. The van der Waals surface area contributed by atoms with Crippen LogP contribution in [0.1, 0.15) is 35.4 Å². The smallest absolute Gasteiger partial charge is 0.248 e. The van der Waals surface area contributed by atoms with E-state index in [1.807, 2.05) is 0 Å². The van der Waals surface area contributed by atoms with Crippen molar-refractivity contribution >= 4 is 15.9 Å². The number of aromatic nitrogens is 1. The van der Waals surface area contributed by atoms with E-state index < -0.39 is 10.0 Å². The fourth-order valence-electron chi connectivity index (χ4n) is 3.41. The molecule has 0 bridgehead atoms. The molecule has 0 saturated carbocycles. The lowest BCUT2D eigenvalue weighted by Gasteiger charge is -2.30. The molecule has 0 spiro atoms. The van der Waals surface area contributed by atoms with Crippen molar-refractivity contribution in [2.45, 2.75) is 45.1 Å². The molecule has 0 atom stereocenters. The monoisotopic (exact) mass is 409 g/mol. The number of halogens is 1. The van der Waals surface area contributed by atoms with Gasteiger partial charge in [0.05, 0.1) is 0 Å². The molecule has 1 amide bonds. The fraction of sp³-hybridized carbons (Fsp3) is 0.474. The lowest BCUT2D eigenvalue weighted by molar-refractivity contribution is -0.126. The van der Waals surface area contributed by atoms with E-state index in [1.165, 1.54) is 10.4 Å². The van der Waals surface area contributed by atoms with Crippen molar-refractivity contribution in [1.82, 2.24) is 14.8 Å². The zero-order valence-corrected chi connectivity index (χ0v) is 17.0. The minimum absolute atomic E-state index is 0.108. The standard InChI is InChI=1S/C19H24FN3O4S/c1-12-4-5-15(10-17(12)20)11-21-19(24)16-6-8-23(9-7-16)28(25,26)18-13(2)22-27-14(18)3/h4-5,10,16H,6-9,11H2,1-3H3,(H,21,24). The summed E-state index contributed by atoms with van der Waals surface area (Å²) in [5, 5.41) is 6.53. The molecule has 1 aliphatic heterocycles. The molecule has 3 rings (SSSR count). The number of piperidine rings is 1. The van der Waals surface area contributed by atoms with Gasteiger partial charge in [-0.1, -0.05) is 17.3 Å². The number of hydrogen-bond donors (Lipinski definition) is 1. The van der Waals surface area contributed by atoms with E-state index >= 15 is 0 Å². The molecule has 0 unspecified atom stereocenters. The van der Waals surface area contributed by atoms with Crippen molar-refractivity contribution in [1.29, 1.82) is 0 Å². The Morgan fingerprint density at radius 2 is 1.96 bits per heavy atom. The normalized spacial score (nSPS) is 16.3. The van der Waals surface area contributed by atoms with Crippen LogP contribution in [0.15, 0.2) is 27.6 Å². The third-order valence-electron chi connectivity index (χ3n) is 5.09. The Hall–Kier alpha value is -2.26. The lowest BCUT2D eigenvalue weighted by Crippen LogP contribution is -2.43. The Morgan fingerprint density at radius 1 is 1.29 bits per heavy atom. The van der Waals surface area contributed by atoms with E-state index in [4.69, 9.17) is 4.52 Å². The first-order valence-electron chi connectivity index (χ1n) is 9.16. The van der Waals surface area contributed by atoms with Crippen LogP contribution < -0.4 is 5.32 Å². The summed E-state index contributed by atoms with van der Waals surface area (Å²) in [6.45, 7) is 5.60. The highest BCUT2D eigenvalue weighted by molar-refractivity contribution is 7.89. The van der Waals surface area contributed by atoms with Crippen LogP contribution in [0.5, 0.6) is 0 Å². The molecule has 1 saturated heterocycles. The molecule has 0 radical (unpaired) electrons. The Labute approximate surface area is 163 Å². The molecule has 2 heterocycles. The summed E-state index contributed by atoms with van der Waals surface area (Å²) in [4.78, 5) is 12.5. The summed E-state index contributed by atoms with van der Waals surface area (Å²) < 4.78 is 45.6. The average molecular weight is 409 g/mol. The number of aryl methyl sites for hydroxylation is 3. The molecular formula is C19H24FN3O4S. The molecule has 1 aliphatic rings. The summed E-state index contributed by atoms with van der Waals surface area (Å²) in [7, 11) is -3.69. The summed E-state index contributed by atoms with van der Waals surface area (Å²) in [5.74, 6) is -0.450. The molecule has 1 fully saturated rings. The predicted octanol–water partition coefficient (Wildman–Crippen LogP) is 2.46. The fourth-order valence-corrected chi connectivity index (χ4v) is 5.17. The molecule has 9 heteroatoms. The van der Waals surface area contributed by atoms with Crippen molar-refractivity contribution in [2.24, 2.45) is 5.92 Å². The topological polar surface area (TPSA) is 92.5 Å². The van der Waals surface area contributed by atoms with Crippen LogP contribution in [0.2, 0.25) is 0 Å². The van der Waals surface area contributed by atoms with Crippen molar-refractivity contribution in [3.8, 4) is 0 Å². The predicted molar refractivity (Wildman–Crippen MR) is 100 cm³/mol. The van der Waals surface area contributed by atoms with Gasteiger partial charge in [0.2, 0.25) is 15.9 Å². The largest absolute Gasteiger partial charge is 0.360 e. The molecule has 1 N–H and O–H groups in total. The van der Waals surface area contributed by atoms with Gasteiger partial charge in [-0.15, -0.1) is 0 Å². The van der Waals surface area contributed by atoms with Crippen LogP contribution in [0.3, 0.4) is 0 Å². The molecule has 1 aromatic carbocycles. The highest BCUT2D eigenvalue weighted by atomic mass is 32.2. The van der Waals surface area contributed by atoms with E-state index in [1.54, 1.807) is 32.9 Å². The third kappa shape index (κ3) is 4.10. The molecule has 28 heavy (non-hydrogen) atoms. The zero-order valence-electron chi connectivity index (χ0n) is 16.2. The van der Waals surface area contributed by atoms with Crippen LogP contribution in [0, 0.1) is 32.5 Å². The first-order valence-corrected chi connectivity index (χ1v) is 10.6. The maximum atomic E-state index is 13.6. The molecule has 0 aliphatic carbocycles. The van der Waals surface area contributed by atoms with E-state index in [-0.39, 0.29) is 47.9 Å². The SMILES string of the molecule is Cc1ccc(CNC(=O)C2CCN(S(=O)(=O)c3c(C)noc3C)CC2)cc1F.